The topological polar surface area (TPSA) is 54.4 Å². The molecule has 1 fully saturated rings. The molecule has 0 aliphatic heterocycles. The Bertz CT molecular complexity index is 156. The van der Waals surface area contributed by atoms with E-state index in [1.165, 1.54) is 6.42 Å². The third kappa shape index (κ3) is 9.05. The summed E-state index contributed by atoms with van der Waals surface area (Å²) in [5, 5.41) is 7.91. The van der Waals surface area contributed by atoms with Crippen molar-refractivity contribution < 1.29 is 14.7 Å². The Balaban J connectivity index is 0.000000226. The average Bonchev–Trinajstić information content (AvgIpc) is 2.06. The van der Waals surface area contributed by atoms with Crippen LogP contribution in [0.5, 0.6) is 0 Å². The van der Waals surface area contributed by atoms with Crippen molar-refractivity contribution in [2.24, 2.45) is 0 Å². The molecule has 1 aliphatic rings. The maximum absolute atomic E-state index is 10.5. The molecular formula is C10H18O3. The third-order valence-electron chi connectivity index (χ3n) is 1.88. The summed E-state index contributed by atoms with van der Waals surface area (Å²) in [6, 6.07) is 0. The highest BCUT2D eigenvalue weighted by Gasteiger charge is 2.05. The normalized spacial score (nSPS) is 15.9. The zero-order chi connectivity index (χ0) is 10.1. The van der Waals surface area contributed by atoms with E-state index in [0.717, 1.165) is 32.1 Å². The van der Waals surface area contributed by atoms with Gasteiger partial charge >= 0.3 is 5.97 Å². The first kappa shape index (κ1) is 12.1. The van der Waals surface area contributed by atoms with Gasteiger partial charge in [0.05, 0.1) is 0 Å². The standard InChI is InChI=1S/C6H10O.C4H8O2/c7-6-4-2-1-3-5-6;1-2-3-4(5)6/h1-5H2;2-3H2,1H3,(H,5,6). The fourth-order valence-electron chi connectivity index (χ4n) is 1.16. The molecule has 0 saturated heterocycles. The molecule has 0 bridgehead atoms. The van der Waals surface area contributed by atoms with E-state index < -0.39 is 5.97 Å². The van der Waals surface area contributed by atoms with Crippen molar-refractivity contribution in [3.63, 3.8) is 0 Å². The van der Waals surface area contributed by atoms with Crippen LogP contribution >= 0.6 is 0 Å². The SMILES string of the molecule is CCCC(=O)O.O=C1CCCCC1. The van der Waals surface area contributed by atoms with Crippen LogP contribution in [0.3, 0.4) is 0 Å². The molecule has 0 aromatic carbocycles. The van der Waals surface area contributed by atoms with E-state index in [4.69, 9.17) is 5.11 Å². The van der Waals surface area contributed by atoms with Crippen molar-refractivity contribution in [1.29, 1.82) is 0 Å². The zero-order valence-corrected chi connectivity index (χ0v) is 8.21. The van der Waals surface area contributed by atoms with Gasteiger partial charge in [-0.2, -0.15) is 0 Å². The Morgan fingerprint density at radius 2 is 1.85 bits per heavy atom. The number of carbonyl (C=O) groups excluding carboxylic acids is 1. The van der Waals surface area contributed by atoms with Crippen LogP contribution in [0.2, 0.25) is 0 Å². The van der Waals surface area contributed by atoms with Gasteiger partial charge in [-0.3, -0.25) is 9.59 Å². The number of rotatable bonds is 2. The van der Waals surface area contributed by atoms with Gasteiger partial charge in [0.2, 0.25) is 0 Å². The summed E-state index contributed by atoms with van der Waals surface area (Å²) in [6.45, 7) is 1.84. The highest BCUT2D eigenvalue weighted by molar-refractivity contribution is 5.78. The number of Topliss-reactive ketones (excluding diaryl/α,β-unsaturated/α-hetero) is 1. The summed E-state index contributed by atoms with van der Waals surface area (Å²) < 4.78 is 0. The van der Waals surface area contributed by atoms with Gasteiger partial charge in [0, 0.05) is 19.3 Å². The number of carboxylic acids is 1. The Hall–Kier alpha value is -0.860. The lowest BCUT2D eigenvalue weighted by Crippen LogP contribution is -2.02. The van der Waals surface area contributed by atoms with E-state index >= 15 is 0 Å². The van der Waals surface area contributed by atoms with Gasteiger partial charge in [-0.25, -0.2) is 0 Å². The molecule has 1 N–H and O–H groups in total. The second kappa shape index (κ2) is 7.77. The number of carbonyl (C=O) groups is 2. The van der Waals surface area contributed by atoms with E-state index in [9.17, 15) is 9.59 Å². The quantitative estimate of drug-likeness (QED) is 0.720. The second-order valence-corrected chi connectivity index (χ2v) is 3.24. The van der Waals surface area contributed by atoms with Gasteiger partial charge in [-0.15, -0.1) is 0 Å². The predicted molar refractivity (Wildman–Crippen MR) is 50.6 cm³/mol. The van der Waals surface area contributed by atoms with Crippen LogP contribution in [0.1, 0.15) is 51.9 Å². The molecule has 0 atom stereocenters. The van der Waals surface area contributed by atoms with Gasteiger partial charge in [0.15, 0.2) is 0 Å². The van der Waals surface area contributed by atoms with Crippen LogP contribution in [0, 0.1) is 0 Å². The molecule has 1 saturated carbocycles. The maximum Gasteiger partial charge on any atom is 0.303 e. The van der Waals surface area contributed by atoms with Crippen LogP contribution < -0.4 is 0 Å². The van der Waals surface area contributed by atoms with E-state index in [0.29, 0.717) is 12.2 Å². The molecule has 3 heteroatoms. The molecule has 1 aliphatic carbocycles. The molecule has 3 nitrogen and oxygen atoms in total. The largest absolute Gasteiger partial charge is 0.481 e. The fourth-order valence-corrected chi connectivity index (χ4v) is 1.16. The monoisotopic (exact) mass is 186 g/mol. The molecule has 0 amide bonds. The number of aliphatic carboxylic acids is 1. The number of carboxylic acid groups (broad SMARTS) is 1. The molecule has 13 heavy (non-hydrogen) atoms. The summed E-state index contributed by atoms with van der Waals surface area (Å²) in [7, 11) is 0. The van der Waals surface area contributed by atoms with Crippen LogP contribution in [0.4, 0.5) is 0 Å². The van der Waals surface area contributed by atoms with Gasteiger partial charge in [0.25, 0.3) is 0 Å². The maximum atomic E-state index is 10.5. The molecular weight excluding hydrogens is 168 g/mol. The van der Waals surface area contributed by atoms with Gasteiger partial charge in [0.1, 0.15) is 5.78 Å². The average molecular weight is 186 g/mol. The zero-order valence-electron chi connectivity index (χ0n) is 8.21. The number of hydrogen-bond acceptors (Lipinski definition) is 2. The molecule has 0 aromatic heterocycles. The Morgan fingerprint density at radius 1 is 1.31 bits per heavy atom. The summed E-state index contributed by atoms with van der Waals surface area (Å²) >= 11 is 0. The molecule has 0 unspecified atom stereocenters. The van der Waals surface area contributed by atoms with Crippen molar-refractivity contribution in [3.05, 3.63) is 0 Å². The molecule has 0 aromatic rings. The van der Waals surface area contributed by atoms with Gasteiger partial charge in [-0.05, 0) is 19.3 Å². The van der Waals surface area contributed by atoms with E-state index in [1.54, 1.807) is 0 Å². The lowest BCUT2D eigenvalue weighted by molar-refractivity contribution is -0.137. The second-order valence-electron chi connectivity index (χ2n) is 3.24. The van der Waals surface area contributed by atoms with Crippen molar-refractivity contribution in [3.8, 4) is 0 Å². The number of ketones is 1. The van der Waals surface area contributed by atoms with E-state index in [1.807, 2.05) is 6.92 Å². The molecule has 0 radical (unpaired) electrons. The van der Waals surface area contributed by atoms with Crippen LogP contribution in [0.25, 0.3) is 0 Å². The minimum atomic E-state index is -0.711. The minimum Gasteiger partial charge on any atom is -0.481 e. The molecule has 0 heterocycles. The number of hydrogen-bond donors (Lipinski definition) is 1. The highest BCUT2D eigenvalue weighted by Crippen LogP contribution is 2.12. The Kier molecular flexibility index (Phi) is 7.26. The van der Waals surface area contributed by atoms with Crippen molar-refractivity contribution in [2.75, 3.05) is 0 Å². The van der Waals surface area contributed by atoms with Crippen LogP contribution in [-0.2, 0) is 9.59 Å². The first-order valence-corrected chi connectivity index (χ1v) is 4.90. The highest BCUT2D eigenvalue weighted by atomic mass is 16.4. The summed E-state index contributed by atoms with van der Waals surface area (Å²) in [5.74, 6) is -0.247. The van der Waals surface area contributed by atoms with Crippen molar-refractivity contribution in [2.45, 2.75) is 51.9 Å². The fraction of sp³-hybridized carbons (Fsp3) is 0.800. The summed E-state index contributed by atoms with van der Waals surface area (Å²) in [5.41, 5.74) is 0. The first-order chi connectivity index (χ1) is 6.16. The van der Waals surface area contributed by atoms with Crippen molar-refractivity contribution >= 4 is 11.8 Å². The first-order valence-electron chi connectivity index (χ1n) is 4.90. The lowest BCUT2D eigenvalue weighted by Gasteiger charge is -2.05. The Morgan fingerprint density at radius 3 is 2.00 bits per heavy atom. The van der Waals surface area contributed by atoms with Gasteiger partial charge < -0.3 is 5.11 Å². The Labute approximate surface area is 79.1 Å². The third-order valence-corrected chi connectivity index (χ3v) is 1.88. The summed E-state index contributed by atoms with van der Waals surface area (Å²) in [4.78, 5) is 20.1. The minimum absolute atomic E-state index is 0.292. The predicted octanol–water partition coefficient (Wildman–Crippen LogP) is 2.39. The summed E-state index contributed by atoms with van der Waals surface area (Å²) in [6.07, 6.45) is 6.26. The van der Waals surface area contributed by atoms with E-state index in [-0.39, 0.29) is 0 Å². The molecule has 1 rings (SSSR count). The van der Waals surface area contributed by atoms with Gasteiger partial charge in [-0.1, -0.05) is 13.3 Å². The van der Waals surface area contributed by atoms with Crippen molar-refractivity contribution in [1.82, 2.24) is 0 Å². The smallest absolute Gasteiger partial charge is 0.303 e. The van der Waals surface area contributed by atoms with Crippen LogP contribution in [-0.4, -0.2) is 16.9 Å². The van der Waals surface area contributed by atoms with E-state index in [2.05, 4.69) is 0 Å². The molecule has 0 spiro atoms. The van der Waals surface area contributed by atoms with Crippen LogP contribution in [0.15, 0.2) is 0 Å². The lowest BCUT2D eigenvalue weighted by atomic mass is 10.00. The molecule has 76 valence electrons.